The van der Waals surface area contributed by atoms with E-state index in [4.69, 9.17) is 18.0 Å². The van der Waals surface area contributed by atoms with Crippen LogP contribution in [-0.2, 0) is 6.54 Å². The summed E-state index contributed by atoms with van der Waals surface area (Å²) in [7, 11) is 0. The molecule has 0 spiro atoms. The molecule has 1 rings (SSSR count). The van der Waals surface area contributed by atoms with Crippen molar-refractivity contribution in [2.75, 3.05) is 6.54 Å². The van der Waals surface area contributed by atoms with Crippen LogP contribution in [0.3, 0.4) is 0 Å². The average Bonchev–Trinajstić information content (AvgIpc) is 2.34. The van der Waals surface area contributed by atoms with Crippen LogP contribution in [0.2, 0.25) is 0 Å². The van der Waals surface area contributed by atoms with Gasteiger partial charge in [-0.25, -0.2) is 0 Å². The number of benzene rings is 1. The third-order valence-corrected chi connectivity index (χ3v) is 3.29. The summed E-state index contributed by atoms with van der Waals surface area (Å²) < 4.78 is 0. The molecule has 0 radical (unpaired) electrons. The minimum atomic E-state index is 0.464. The molecule has 0 amide bonds. The van der Waals surface area contributed by atoms with E-state index < -0.39 is 0 Å². The van der Waals surface area contributed by atoms with E-state index in [1.54, 1.807) is 0 Å². The second-order valence-electron chi connectivity index (χ2n) is 4.54. The van der Waals surface area contributed by atoms with Gasteiger partial charge in [-0.15, -0.1) is 0 Å². The molecule has 1 aromatic rings. The Morgan fingerprint density at radius 1 is 1.47 bits per heavy atom. The van der Waals surface area contributed by atoms with Gasteiger partial charge in [0.15, 0.2) is 0 Å². The molecule has 0 saturated heterocycles. The smallest absolute Gasteiger partial charge is 0.103 e. The maximum absolute atomic E-state index is 5.61. The van der Waals surface area contributed by atoms with E-state index in [1.807, 2.05) is 12.1 Å². The van der Waals surface area contributed by atoms with Gasteiger partial charge in [0.1, 0.15) is 4.99 Å². The Balaban J connectivity index is 2.36. The van der Waals surface area contributed by atoms with Crippen LogP contribution in [0, 0.1) is 5.92 Å². The standard InChI is InChI=1S/C14H22N2S/c1-3-11(2)7-8-16-10-12-5-4-6-13(9-12)14(15)17/h4-6,9,11,16H,3,7-8,10H2,1-2H3,(H2,15,17). The predicted octanol–water partition coefficient (Wildman–Crippen LogP) is 2.85. The van der Waals surface area contributed by atoms with Gasteiger partial charge in [-0.05, 0) is 30.5 Å². The van der Waals surface area contributed by atoms with E-state index in [0.29, 0.717) is 4.99 Å². The Kier molecular flexibility index (Phi) is 6.16. The van der Waals surface area contributed by atoms with Crippen molar-refractivity contribution in [1.29, 1.82) is 0 Å². The molecule has 0 saturated carbocycles. The fourth-order valence-electron chi connectivity index (χ4n) is 1.62. The maximum atomic E-state index is 5.61. The van der Waals surface area contributed by atoms with E-state index in [-0.39, 0.29) is 0 Å². The minimum Gasteiger partial charge on any atom is -0.389 e. The zero-order valence-electron chi connectivity index (χ0n) is 10.7. The van der Waals surface area contributed by atoms with Crippen molar-refractivity contribution in [1.82, 2.24) is 5.32 Å². The summed E-state index contributed by atoms with van der Waals surface area (Å²) in [6.07, 6.45) is 2.48. The highest BCUT2D eigenvalue weighted by Gasteiger charge is 2.00. The normalized spacial score (nSPS) is 12.4. The Morgan fingerprint density at radius 2 is 2.24 bits per heavy atom. The van der Waals surface area contributed by atoms with Crippen molar-refractivity contribution in [3.05, 3.63) is 35.4 Å². The van der Waals surface area contributed by atoms with Gasteiger partial charge in [0.05, 0.1) is 0 Å². The molecule has 94 valence electrons. The summed E-state index contributed by atoms with van der Waals surface area (Å²) >= 11 is 4.96. The van der Waals surface area contributed by atoms with Gasteiger partial charge in [-0.3, -0.25) is 0 Å². The van der Waals surface area contributed by atoms with Crippen LogP contribution in [0.5, 0.6) is 0 Å². The zero-order chi connectivity index (χ0) is 12.7. The number of nitrogens with one attached hydrogen (secondary N) is 1. The highest BCUT2D eigenvalue weighted by atomic mass is 32.1. The first-order chi connectivity index (χ1) is 8.13. The second-order valence-corrected chi connectivity index (χ2v) is 4.98. The maximum Gasteiger partial charge on any atom is 0.103 e. The lowest BCUT2D eigenvalue weighted by Gasteiger charge is -2.10. The van der Waals surface area contributed by atoms with Gasteiger partial charge in [0, 0.05) is 12.1 Å². The summed E-state index contributed by atoms with van der Waals surface area (Å²) in [6, 6.07) is 8.10. The van der Waals surface area contributed by atoms with E-state index in [1.165, 1.54) is 18.4 Å². The monoisotopic (exact) mass is 250 g/mol. The topological polar surface area (TPSA) is 38.0 Å². The molecule has 0 aliphatic rings. The van der Waals surface area contributed by atoms with E-state index in [0.717, 1.165) is 24.6 Å². The molecular weight excluding hydrogens is 228 g/mol. The Hall–Kier alpha value is -0.930. The quantitative estimate of drug-likeness (QED) is 0.577. The third kappa shape index (κ3) is 5.29. The Bertz CT molecular complexity index is 363. The van der Waals surface area contributed by atoms with Gasteiger partial charge in [-0.2, -0.15) is 0 Å². The summed E-state index contributed by atoms with van der Waals surface area (Å²) in [5.41, 5.74) is 7.79. The molecule has 1 aromatic carbocycles. The van der Waals surface area contributed by atoms with E-state index in [9.17, 15) is 0 Å². The summed E-state index contributed by atoms with van der Waals surface area (Å²) in [6.45, 7) is 6.46. The van der Waals surface area contributed by atoms with Gasteiger partial charge in [0.2, 0.25) is 0 Å². The molecule has 0 fully saturated rings. The van der Waals surface area contributed by atoms with Gasteiger partial charge in [0.25, 0.3) is 0 Å². The van der Waals surface area contributed by atoms with Crippen molar-refractivity contribution in [2.24, 2.45) is 11.7 Å². The van der Waals surface area contributed by atoms with Crippen LogP contribution in [0.4, 0.5) is 0 Å². The van der Waals surface area contributed by atoms with Crippen LogP contribution >= 0.6 is 12.2 Å². The number of thiocarbonyl (C=S) groups is 1. The van der Waals surface area contributed by atoms with Crippen molar-refractivity contribution < 1.29 is 0 Å². The largest absolute Gasteiger partial charge is 0.389 e. The molecular formula is C14H22N2S. The number of rotatable bonds is 7. The van der Waals surface area contributed by atoms with E-state index in [2.05, 4.69) is 31.3 Å². The molecule has 1 unspecified atom stereocenters. The van der Waals surface area contributed by atoms with E-state index >= 15 is 0 Å². The highest BCUT2D eigenvalue weighted by Crippen LogP contribution is 2.07. The Morgan fingerprint density at radius 3 is 2.88 bits per heavy atom. The summed E-state index contributed by atoms with van der Waals surface area (Å²) in [5.74, 6) is 0.797. The average molecular weight is 250 g/mol. The van der Waals surface area contributed by atoms with Crippen molar-refractivity contribution in [2.45, 2.75) is 33.2 Å². The van der Waals surface area contributed by atoms with Gasteiger partial charge < -0.3 is 11.1 Å². The molecule has 0 aliphatic carbocycles. The fraction of sp³-hybridized carbons (Fsp3) is 0.500. The molecule has 3 heteroatoms. The first kappa shape index (κ1) is 14.1. The van der Waals surface area contributed by atoms with Crippen LogP contribution < -0.4 is 11.1 Å². The highest BCUT2D eigenvalue weighted by molar-refractivity contribution is 7.80. The molecule has 0 heterocycles. The van der Waals surface area contributed by atoms with Crippen LogP contribution in [-0.4, -0.2) is 11.5 Å². The predicted molar refractivity (Wildman–Crippen MR) is 78.1 cm³/mol. The minimum absolute atomic E-state index is 0.464. The lowest BCUT2D eigenvalue weighted by atomic mass is 10.1. The lowest BCUT2D eigenvalue weighted by Crippen LogP contribution is -2.17. The van der Waals surface area contributed by atoms with Crippen molar-refractivity contribution in [3.63, 3.8) is 0 Å². The number of nitrogens with two attached hydrogens (primary N) is 1. The second kappa shape index (κ2) is 7.41. The lowest BCUT2D eigenvalue weighted by molar-refractivity contribution is 0.488. The first-order valence-corrected chi connectivity index (χ1v) is 6.63. The third-order valence-electron chi connectivity index (χ3n) is 3.05. The molecule has 0 aliphatic heterocycles. The number of hydrogen-bond donors (Lipinski definition) is 2. The molecule has 17 heavy (non-hydrogen) atoms. The number of hydrogen-bond acceptors (Lipinski definition) is 2. The summed E-state index contributed by atoms with van der Waals surface area (Å²) in [4.78, 5) is 0.464. The molecule has 0 aromatic heterocycles. The molecule has 0 bridgehead atoms. The Labute approximate surface area is 110 Å². The zero-order valence-corrected chi connectivity index (χ0v) is 11.5. The van der Waals surface area contributed by atoms with Crippen LogP contribution in [0.1, 0.15) is 37.8 Å². The fourth-order valence-corrected chi connectivity index (χ4v) is 1.75. The van der Waals surface area contributed by atoms with Gasteiger partial charge >= 0.3 is 0 Å². The van der Waals surface area contributed by atoms with Crippen LogP contribution in [0.25, 0.3) is 0 Å². The SMILES string of the molecule is CCC(C)CCNCc1cccc(C(N)=S)c1. The molecule has 2 nitrogen and oxygen atoms in total. The van der Waals surface area contributed by atoms with Crippen molar-refractivity contribution >= 4 is 17.2 Å². The molecule has 3 N–H and O–H groups in total. The molecule has 1 atom stereocenters. The van der Waals surface area contributed by atoms with Crippen LogP contribution in [0.15, 0.2) is 24.3 Å². The first-order valence-electron chi connectivity index (χ1n) is 6.23. The van der Waals surface area contributed by atoms with Gasteiger partial charge in [-0.1, -0.05) is 50.7 Å². The van der Waals surface area contributed by atoms with Crippen molar-refractivity contribution in [3.8, 4) is 0 Å². The summed E-state index contributed by atoms with van der Waals surface area (Å²) in [5, 5.41) is 3.45.